The molecule has 0 spiro atoms. The average Bonchev–Trinajstić information content (AvgIpc) is 2.64. The van der Waals surface area contributed by atoms with Crippen molar-refractivity contribution >= 4 is 39.3 Å². The molecule has 0 aromatic heterocycles. The smallest absolute Gasteiger partial charge is 0.252 e. The topological polar surface area (TPSA) is 87.3 Å². The summed E-state index contributed by atoms with van der Waals surface area (Å²) in [6, 6.07) is 7.73. The van der Waals surface area contributed by atoms with E-state index in [9.17, 15) is 18.8 Å². The number of carbonyl (C=O) groups excluding carboxylic acids is 3. The zero-order valence-corrected chi connectivity index (χ0v) is 18.1. The Kier molecular flexibility index (Phi) is 7.90. The molecule has 3 amide bonds. The number of anilines is 1. The van der Waals surface area contributed by atoms with Gasteiger partial charge < -0.3 is 16.0 Å². The van der Waals surface area contributed by atoms with E-state index in [-0.39, 0.29) is 36.9 Å². The van der Waals surface area contributed by atoms with Gasteiger partial charge in [-0.3, -0.25) is 14.4 Å². The van der Waals surface area contributed by atoms with Gasteiger partial charge in [-0.25, -0.2) is 4.39 Å². The summed E-state index contributed by atoms with van der Waals surface area (Å²) < 4.78 is 13.7. The molecule has 2 aromatic carbocycles. The molecule has 0 aliphatic heterocycles. The highest BCUT2D eigenvalue weighted by Gasteiger charge is 2.13. The van der Waals surface area contributed by atoms with E-state index in [4.69, 9.17) is 0 Å². The molecule has 154 valence electrons. The summed E-state index contributed by atoms with van der Waals surface area (Å²) in [5, 5.41) is 7.87. The van der Waals surface area contributed by atoms with Crippen molar-refractivity contribution in [3.8, 4) is 0 Å². The molecule has 2 rings (SSSR count). The summed E-state index contributed by atoms with van der Waals surface area (Å²) in [5.41, 5.74) is 3.90. The van der Waals surface area contributed by atoms with Crippen molar-refractivity contribution in [3.05, 3.63) is 62.9 Å². The van der Waals surface area contributed by atoms with E-state index in [2.05, 4.69) is 31.9 Å². The number of rotatable bonds is 7. The first-order valence-electron chi connectivity index (χ1n) is 9.05. The molecule has 3 N–H and O–H groups in total. The highest BCUT2D eigenvalue weighted by atomic mass is 79.9. The highest BCUT2D eigenvalue weighted by molar-refractivity contribution is 9.10. The van der Waals surface area contributed by atoms with Crippen molar-refractivity contribution < 1.29 is 18.8 Å². The predicted molar refractivity (Wildman–Crippen MR) is 113 cm³/mol. The van der Waals surface area contributed by atoms with Gasteiger partial charge in [0.05, 0.1) is 12.1 Å². The molecule has 0 atom stereocenters. The van der Waals surface area contributed by atoms with Gasteiger partial charge in [0.25, 0.3) is 5.91 Å². The molecule has 29 heavy (non-hydrogen) atoms. The van der Waals surface area contributed by atoms with Crippen molar-refractivity contribution in [3.63, 3.8) is 0 Å². The van der Waals surface area contributed by atoms with Crippen molar-refractivity contribution in [1.82, 2.24) is 10.6 Å². The minimum absolute atomic E-state index is 0.00541. The number of carbonyl (C=O) groups is 3. The van der Waals surface area contributed by atoms with Crippen molar-refractivity contribution in [1.29, 1.82) is 0 Å². The predicted octanol–water partition coefficient (Wildman–Crippen LogP) is 3.39. The lowest BCUT2D eigenvalue weighted by atomic mass is 10.1. The molecule has 0 aliphatic carbocycles. The number of halogens is 2. The van der Waals surface area contributed by atoms with Crippen LogP contribution in [-0.4, -0.2) is 30.8 Å². The summed E-state index contributed by atoms with van der Waals surface area (Å²) >= 11 is 3.18. The summed E-state index contributed by atoms with van der Waals surface area (Å²) in [6.07, 6.45) is -0.00541. The zero-order chi connectivity index (χ0) is 21.6. The van der Waals surface area contributed by atoms with Gasteiger partial charge in [-0.1, -0.05) is 17.7 Å². The van der Waals surface area contributed by atoms with E-state index in [1.165, 1.54) is 12.1 Å². The fourth-order valence-electron chi connectivity index (χ4n) is 2.88. The van der Waals surface area contributed by atoms with E-state index in [0.717, 1.165) is 28.4 Å². The van der Waals surface area contributed by atoms with Gasteiger partial charge in [0, 0.05) is 23.1 Å². The Hall–Kier alpha value is -2.74. The molecule has 0 unspecified atom stereocenters. The lowest BCUT2D eigenvalue weighted by molar-refractivity contribution is -0.124. The molecule has 8 heteroatoms. The van der Waals surface area contributed by atoms with Gasteiger partial charge in [0.1, 0.15) is 5.82 Å². The van der Waals surface area contributed by atoms with E-state index < -0.39 is 11.7 Å². The Morgan fingerprint density at radius 3 is 2.28 bits per heavy atom. The maximum absolute atomic E-state index is 13.3. The first-order valence-corrected chi connectivity index (χ1v) is 9.84. The Morgan fingerprint density at radius 1 is 0.966 bits per heavy atom. The molecule has 0 radical (unpaired) electrons. The van der Waals surface area contributed by atoms with Crippen molar-refractivity contribution in [2.75, 3.05) is 18.4 Å². The van der Waals surface area contributed by atoms with Gasteiger partial charge in [0.2, 0.25) is 11.8 Å². The average molecular weight is 464 g/mol. The van der Waals surface area contributed by atoms with Gasteiger partial charge in [-0.2, -0.15) is 0 Å². The number of benzene rings is 2. The summed E-state index contributed by atoms with van der Waals surface area (Å²) in [6.45, 7) is 5.69. The van der Waals surface area contributed by atoms with Crippen LogP contribution in [0.25, 0.3) is 0 Å². The second-order valence-electron chi connectivity index (χ2n) is 6.73. The van der Waals surface area contributed by atoms with Crippen LogP contribution in [0.2, 0.25) is 0 Å². The third-order valence-corrected chi connectivity index (χ3v) is 4.89. The third-order valence-electron chi connectivity index (χ3n) is 4.20. The number of amides is 3. The third kappa shape index (κ3) is 6.67. The normalized spacial score (nSPS) is 10.4. The number of aryl methyl sites for hydroxylation is 3. The summed E-state index contributed by atoms with van der Waals surface area (Å²) in [4.78, 5) is 36.1. The number of hydrogen-bond donors (Lipinski definition) is 3. The molecule has 0 heterocycles. The van der Waals surface area contributed by atoms with Gasteiger partial charge in [-0.15, -0.1) is 0 Å². The lowest BCUT2D eigenvalue weighted by Gasteiger charge is -2.13. The zero-order valence-electron chi connectivity index (χ0n) is 16.5. The van der Waals surface area contributed by atoms with Gasteiger partial charge >= 0.3 is 0 Å². The monoisotopic (exact) mass is 463 g/mol. The van der Waals surface area contributed by atoms with Crippen LogP contribution in [0.3, 0.4) is 0 Å². The highest BCUT2D eigenvalue weighted by Crippen LogP contribution is 2.21. The van der Waals surface area contributed by atoms with E-state index in [0.29, 0.717) is 4.47 Å². The molecule has 0 saturated heterocycles. The molecule has 0 fully saturated rings. The first kappa shape index (κ1) is 22.5. The van der Waals surface area contributed by atoms with Crippen LogP contribution in [0.1, 0.15) is 33.5 Å². The molecule has 2 aromatic rings. The Labute approximate surface area is 177 Å². The van der Waals surface area contributed by atoms with E-state index in [1.807, 2.05) is 32.9 Å². The minimum Gasteiger partial charge on any atom is -0.351 e. The molecule has 0 saturated carbocycles. The fourth-order valence-corrected chi connectivity index (χ4v) is 3.31. The Bertz CT molecular complexity index is 924. The van der Waals surface area contributed by atoms with E-state index in [1.54, 1.807) is 0 Å². The van der Waals surface area contributed by atoms with E-state index >= 15 is 0 Å². The first-order chi connectivity index (χ1) is 13.7. The quantitative estimate of drug-likeness (QED) is 0.587. The molecular formula is C21H23BrFN3O3. The minimum atomic E-state index is -0.527. The van der Waals surface area contributed by atoms with Crippen LogP contribution in [0.5, 0.6) is 0 Å². The standard InChI is InChI=1S/C21H23BrFN3O3/c1-12-8-13(2)20(14(3)9-12)26-19(28)11-25-18(27)6-7-24-21(29)16-10-15(23)4-5-17(16)22/h4-5,8-10H,6-7,11H2,1-3H3,(H,24,29)(H,25,27)(H,26,28). The largest absolute Gasteiger partial charge is 0.351 e. The Morgan fingerprint density at radius 2 is 1.62 bits per heavy atom. The molecular weight excluding hydrogens is 441 g/mol. The van der Waals surface area contributed by atoms with Crippen LogP contribution in [0, 0.1) is 26.6 Å². The van der Waals surface area contributed by atoms with Gasteiger partial charge in [-0.05, 0) is 66.0 Å². The molecule has 0 aliphatic rings. The van der Waals surface area contributed by atoms with Crippen LogP contribution in [0.4, 0.5) is 10.1 Å². The second kappa shape index (κ2) is 10.2. The fraction of sp³-hybridized carbons (Fsp3) is 0.286. The van der Waals surface area contributed by atoms with Crippen LogP contribution < -0.4 is 16.0 Å². The number of hydrogen-bond acceptors (Lipinski definition) is 3. The maximum Gasteiger partial charge on any atom is 0.252 e. The van der Waals surface area contributed by atoms with Crippen LogP contribution in [0.15, 0.2) is 34.8 Å². The Balaban J connectivity index is 1.76. The lowest BCUT2D eigenvalue weighted by Crippen LogP contribution is -2.35. The maximum atomic E-state index is 13.3. The summed E-state index contributed by atoms with van der Waals surface area (Å²) in [7, 11) is 0. The van der Waals surface area contributed by atoms with Crippen LogP contribution in [-0.2, 0) is 9.59 Å². The second-order valence-corrected chi connectivity index (χ2v) is 7.58. The number of nitrogens with one attached hydrogen (secondary N) is 3. The molecule has 6 nitrogen and oxygen atoms in total. The molecule has 0 bridgehead atoms. The van der Waals surface area contributed by atoms with Crippen molar-refractivity contribution in [2.45, 2.75) is 27.2 Å². The van der Waals surface area contributed by atoms with Crippen LogP contribution >= 0.6 is 15.9 Å². The van der Waals surface area contributed by atoms with Crippen molar-refractivity contribution in [2.24, 2.45) is 0 Å². The van der Waals surface area contributed by atoms with Gasteiger partial charge in [0.15, 0.2) is 0 Å². The SMILES string of the molecule is Cc1cc(C)c(NC(=O)CNC(=O)CCNC(=O)c2cc(F)ccc2Br)c(C)c1. The summed E-state index contributed by atoms with van der Waals surface area (Å²) in [5.74, 6) is -1.73.